The van der Waals surface area contributed by atoms with E-state index in [9.17, 15) is 19.8 Å². The predicted octanol–water partition coefficient (Wildman–Crippen LogP) is 5.76. The molecule has 5 aromatic rings. The minimum absolute atomic E-state index is 0.187. The quantitative estimate of drug-likeness (QED) is 0.322. The Bertz CT molecular complexity index is 1590. The van der Waals surface area contributed by atoms with Crippen LogP contribution in [0.2, 0.25) is 5.02 Å². The Labute approximate surface area is 198 Å². The Hall–Kier alpha value is -4.03. The van der Waals surface area contributed by atoms with Gasteiger partial charge in [0.1, 0.15) is 22.7 Å². The van der Waals surface area contributed by atoms with E-state index >= 15 is 0 Å². The topological polar surface area (TPSA) is 101 Å². The maximum Gasteiger partial charge on any atom is 0.344 e. The Morgan fingerprint density at radius 1 is 0.706 bits per heavy atom. The van der Waals surface area contributed by atoms with Crippen LogP contribution in [0.4, 0.5) is 0 Å². The van der Waals surface area contributed by atoms with E-state index in [0.717, 1.165) is 11.1 Å². The van der Waals surface area contributed by atoms with Crippen LogP contribution in [0.5, 0.6) is 11.5 Å². The Morgan fingerprint density at radius 3 is 1.59 bits per heavy atom. The van der Waals surface area contributed by atoms with Gasteiger partial charge in [0.05, 0.1) is 27.8 Å². The fourth-order valence-electron chi connectivity index (χ4n) is 4.25. The molecule has 5 rings (SSSR count). The van der Waals surface area contributed by atoms with Crippen molar-refractivity contribution in [2.24, 2.45) is 0 Å². The van der Waals surface area contributed by atoms with Crippen LogP contribution in [0.3, 0.4) is 0 Å². The van der Waals surface area contributed by atoms with Crippen LogP contribution in [0, 0.1) is 13.8 Å². The molecule has 2 heterocycles. The molecule has 0 fully saturated rings. The number of aromatic hydroxyl groups is 2. The summed E-state index contributed by atoms with van der Waals surface area (Å²) in [5, 5.41) is 23.5. The maximum atomic E-state index is 13.2. The summed E-state index contributed by atoms with van der Waals surface area (Å²) in [6.07, 6.45) is 0. The number of halogens is 1. The van der Waals surface area contributed by atoms with Crippen LogP contribution in [-0.4, -0.2) is 10.2 Å². The molecule has 2 aromatic heterocycles. The molecule has 0 atom stereocenters. The summed E-state index contributed by atoms with van der Waals surface area (Å²) in [7, 11) is 0. The average Bonchev–Trinajstić information content (AvgIpc) is 2.78. The molecule has 34 heavy (non-hydrogen) atoms. The zero-order valence-electron chi connectivity index (χ0n) is 18.3. The van der Waals surface area contributed by atoms with Gasteiger partial charge in [0.15, 0.2) is 0 Å². The largest absolute Gasteiger partial charge is 0.507 e. The van der Waals surface area contributed by atoms with Crippen LogP contribution in [-0.2, 0) is 0 Å². The van der Waals surface area contributed by atoms with Crippen LogP contribution in [0.25, 0.3) is 21.9 Å². The summed E-state index contributed by atoms with van der Waals surface area (Å²) >= 11 is 6.06. The molecule has 6 nitrogen and oxygen atoms in total. The van der Waals surface area contributed by atoms with Gasteiger partial charge in [-0.1, -0.05) is 35.9 Å². The maximum absolute atomic E-state index is 13.2. The number of hydrogen-bond donors (Lipinski definition) is 2. The van der Waals surface area contributed by atoms with E-state index in [4.69, 9.17) is 20.4 Å². The lowest BCUT2D eigenvalue weighted by Gasteiger charge is -2.20. The van der Waals surface area contributed by atoms with Gasteiger partial charge in [-0.25, -0.2) is 9.59 Å². The van der Waals surface area contributed by atoms with Crippen molar-refractivity contribution in [3.63, 3.8) is 0 Å². The summed E-state index contributed by atoms with van der Waals surface area (Å²) in [6.45, 7) is 3.67. The predicted molar refractivity (Wildman–Crippen MR) is 130 cm³/mol. The third-order valence-electron chi connectivity index (χ3n) is 5.92. The number of benzene rings is 3. The Balaban J connectivity index is 1.89. The molecule has 0 saturated heterocycles. The van der Waals surface area contributed by atoms with Crippen molar-refractivity contribution >= 4 is 33.5 Å². The third kappa shape index (κ3) is 3.53. The zero-order valence-corrected chi connectivity index (χ0v) is 19.0. The summed E-state index contributed by atoms with van der Waals surface area (Å²) in [5.74, 6) is -1.86. The highest BCUT2D eigenvalue weighted by Gasteiger charge is 2.32. The van der Waals surface area contributed by atoms with Crippen molar-refractivity contribution in [2.75, 3.05) is 0 Å². The van der Waals surface area contributed by atoms with Crippen LogP contribution < -0.4 is 11.3 Å². The van der Waals surface area contributed by atoms with Crippen LogP contribution >= 0.6 is 11.6 Å². The van der Waals surface area contributed by atoms with Crippen molar-refractivity contribution < 1.29 is 19.0 Å². The van der Waals surface area contributed by atoms with Crippen molar-refractivity contribution in [3.8, 4) is 11.5 Å². The van der Waals surface area contributed by atoms with Gasteiger partial charge in [0.2, 0.25) is 0 Å². The Kier molecular flexibility index (Phi) is 5.18. The van der Waals surface area contributed by atoms with Crippen LogP contribution in [0.15, 0.2) is 79.1 Å². The average molecular weight is 475 g/mol. The van der Waals surface area contributed by atoms with Gasteiger partial charge in [0, 0.05) is 5.02 Å². The van der Waals surface area contributed by atoms with E-state index in [1.165, 1.54) is 0 Å². The van der Waals surface area contributed by atoms with Gasteiger partial charge in [0.25, 0.3) is 0 Å². The molecule has 0 aliphatic heterocycles. The first-order valence-corrected chi connectivity index (χ1v) is 10.9. The zero-order chi connectivity index (χ0) is 24.1. The third-order valence-corrected chi connectivity index (χ3v) is 6.17. The first kappa shape index (κ1) is 21.8. The highest BCUT2D eigenvalue weighted by Crippen LogP contribution is 2.42. The first-order valence-electron chi connectivity index (χ1n) is 10.5. The summed E-state index contributed by atoms with van der Waals surface area (Å²) in [6, 6.07) is 16.5. The minimum Gasteiger partial charge on any atom is -0.507 e. The monoisotopic (exact) mass is 474 g/mol. The van der Waals surface area contributed by atoms with E-state index < -0.39 is 17.2 Å². The van der Waals surface area contributed by atoms with Gasteiger partial charge in [-0.15, -0.1) is 0 Å². The molecule has 170 valence electrons. The highest BCUT2D eigenvalue weighted by molar-refractivity contribution is 6.30. The molecule has 3 aromatic carbocycles. The van der Waals surface area contributed by atoms with E-state index in [1.807, 2.05) is 13.8 Å². The smallest absolute Gasteiger partial charge is 0.344 e. The molecular formula is C27H19ClO6. The number of rotatable bonds is 3. The highest BCUT2D eigenvalue weighted by atomic mass is 35.5. The molecule has 7 heteroatoms. The molecule has 0 spiro atoms. The van der Waals surface area contributed by atoms with Crippen molar-refractivity contribution in [1.29, 1.82) is 0 Å². The molecule has 0 aliphatic rings. The first-order chi connectivity index (χ1) is 16.2. The molecule has 2 N–H and O–H groups in total. The Morgan fingerprint density at radius 2 is 1.15 bits per heavy atom. The molecule has 0 unspecified atom stereocenters. The second kappa shape index (κ2) is 8.08. The van der Waals surface area contributed by atoms with Gasteiger partial charge in [-0.2, -0.15) is 0 Å². The molecule has 0 saturated carbocycles. The number of hydrogen-bond acceptors (Lipinski definition) is 6. The summed E-state index contributed by atoms with van der Waals surface area (Å²) < 4.78 is 11.1. The lowest BCUT2D eigenvalue weighted by atomic mass is 9.84. The molecule has 0 aliphatic carbocycles. The van der Waals surface area contributed by atoms with Gasteiger partial charge >= 0.3 is 11.3 Å². The number of aryl methyl sites for hydroxylation is 2. The molecule has 0 amide bonds. The molecule has 0 bridgehead atoms. The lowest BCUT2D eigenvalue weighted by Crippen LogP contribution is -2.21. The van der Waals surface area contributed by atoms with E-state index in [1.54, 1.807) is 60.7 Å². The van der Waals surface area contributed by atoms with Crippen LogP contribution in [0.1, 0.15) is 33.7 Å². The van der Waals surface area contributed by atoms with E-state index in [2.05, 4.69) is 0 Å². The molecular weight excluding hydrogens is 456 g/mol. The minimum atomic E-state index is -1.18. The van der Waals surface area contributed by atoms with Gasteiger partial charge < -0.3 is 19.0 Å². The van der Waals surface area contributed by atoms with E-state index in [-0.39, 0.29) is 33.8 Å². The molecule has 0 radical (unpaired) electrons. The standard InChI is InChI=1S/C27H19ClO6/c1-13-3-9-17-19(11-13)33-26(31)22(24(17)29)21(15-5-7-16(28)8-6-15)23-25(30)18-10-4-14(2)12-20(18)34-27(23)32/h3-12,21,29-30H,1-2H3. The lowest BCUT2D eigenvalue weighted by molar-refractivity contribution is 0.441. The fourth-order valence-corrected chi connectivity index (χ4v) is 4.38. The number of fused-ring (bicyclic) bond motifs is 2. The normalized spacial score (nSPS) is 11.5. The fraction of sp³-hybridized carbons (Fsp3) is 0.111. The van der Waals surface area contributed by atoms with E-state index in [0.29, 0.717) is 21.4 Å². The summed E-state index contributed by atoms with van der Waals surface area (Å²) in [4.78, 5) is 26.4. The van der Waals surface area contributed by atoms with Crippen molar-refractivity contribution in [1.82, 2.24) is 0 Å². The summed E-state index contributed by atoms with van der Waals surface area (Å²) in [5.41, 5.74) is 0.516. The van der Waals surface area contributed by atoms with Gasteiger partial charge in [-0.3, -0.25) is 0 Å². The SMILES string of the molecule is Cc1ccc2c(O)c(C(c3ccc(Cl)cc3)c3c(O)c4ccc(C)cc4oc3=O)c(=O)oc2c1. The van der Waals surface area contributed by atoms with Gasteiger partial charge in [-0.05, 0) is 66.9 Å². The van der Waals surface area contributed by atoms with Crippen molar-refractivity contribution in [3.05, 3.63) is 114 Å². The van der Waals surface area contributed by atoms with Crippen molar-refractivity contribution in [2.45, 2.75) is 19.8 Å². The second-order valence-corrected chi connectivity index (χ2v) is 8.72. The second-order valence-electron chi connectivity index (χ2n) is 8.29.